The van der Waals surface area contributed by atoms with E-state index in [0.717, 1.165) is 89.7 Å². The van der Waals surface area contributed by atoms with Crippen molar-refractivity contribution in [2.45, 2.75) is 13.3 Å². The number of benzene rings is 6. The normalized spacial score (nSPS) is 11.7. The highest BCUT2D eigenvalue weighted by Gasteiger charge is 2.18. The Bertz CT molecular complexity index is 2540. The Morgan fingerprint density at radius 2 is 1.22 bits per heavy atom. The van der Waals surface area contributed by atoms with Crippen LogP contribution in [0.1, 0.15) is 12.7 Å². The molecule has 46 heavy (non-hydrogen) atoms. The van der Waals surface area contributed by atoms with Gasteiger partial charge in [-0.05, 0) is 65.7 Å². The van der Waals surface area contributed by atoms with Gasteiger partial charge in [0.05, 0.1) is 22.2 Å². The van der Waals surface area contributed by atoms with E-state index in [9.17, 15) is 0 Å². The number of pyridine rings is 1. The predicted molar refractivity (Wildman–Crippen MR) is 187 cm³/mol. The molecule has 0 spiro atoms. The van der Waals surface area contributed by atoms with E-state index in [1.807, 2.05) is 48.5 Å². The molecule has 3 heterocycles. The van der Waals surface area contributed by atoms with Crippen LogP contribution in [0.3, 0.4) is 0 Å². The van der Waals surface area contributed by atoms with Crippen LogP contribution in [0, 0.1) is 0 Å². The molecule has 0 unspecified atom stereocenters. The van der Waals surface area contributed by atoms with Gasteiger partial charge in [0.1, 0.15) is 11.3 Å². The van der Waals surface area contributed by atoms with Gasteiger partial charge in [0, 0.05) is 39.4 Å². The van der Waals surface area contributed by atoms with Gasteiger partial charge in [0.25, 0.3) is 0 Å². The Hall–Kier alpha value is -6.07. The monoisotopic (exact) mass is 592 g/mol. The summed E-state index contributed by atoms with van der Waals surface area (Å²) in [7, 11) is 0. The first-order valence-electron chi connectivity index (χ1n) is 15.6. The van der Waals surface area contributed by atoms with Gasteiger partial charge in [-0.15, -0.1) is 0 Å². The van der Waals surface area contributed by atoms with E-state index >= 15 is 0 Å². The number of para-hydroxylation sites is 3. The lowest BCUT2D eigenvalue weighted by atomic mass is 9.97. The predicted octanol–water partition coefficient (Wildman–Crippen LogP) is 10.4. The third kappa shape index (κ3) is 4.20. The van der Waals surface area contributed by atoms with Crippen LogP contribution in [0.4, 0.5) is 0 Å². The SMILES string of the molecule is CCc1nc2ccccc2n1-c1ccc(-c2ccc(-c3nc4ccccc4c4c3ccc3oc(-c5ccccc5)nc34)cc2)cc1. The molecule has 0 aliphatic carbocycles. The average Bonchev–Trinajstić information content (AvgIpc) is 3.74. The number of aromatic nitrogens is 4. The van der Waals surface area contributed by atoms with Crippen LogP contribution in [0.2, 0.25) is 0 Å². The molecule has 218 valence electrons. The Morgan fingerprint density at radius 3 is 2.00 bits per heavy atom. The van der Waals surface area contributed by atoms with Crippen molar-refractivity contribution >= 4 is 43.8 Å². The molecule has 5 nitrogen and oxygen atoms in total. The molecule has 0 atom stereocenters. The van der Waals surface area contributed by atoms with Gasteiger partial charge >= 0.3 is 0 Å². The third-order valence-electron chi connectivity index (χ3n) is 8.81. The molecule has 3 aromatic heterocycles. The largest absolute Gasteiger partial charge is 0.436 e. The zero-order valence-electron chi connectivity index (χ0n) is 25.2. The molecule has 0 amide bonds. The Balaban J connectivity index is 1.12. The van der Waals surface area contributed by atoms with E-state index in [0.29, 0.717) is 5.89 Å². The van der Waals surface area contributed by atoms with Gasteiger partial charge in [-0.1, -0.05) is 91.9 Å². The molecule has 0 saturated heterocycles. The molecule has 5 heteroatoms. The van der Waals surface area contributed by atoms with Crippen molar-refractivity contribution in [3.8, 4) is 39.5 Å². The van der Waals surface area contributed by atoms with Crippen LogP contribution in [0.5, 0.6) is 0 Å². The zero-order valence-corrected chi connectivity index (χ0v) is 25.2. The van der Waals surface area contributed by atoms with Gasteiger partial charge in [-0.25, -0.2) is 15.0 Å². The molecule has 0 aliphatic heterocycles. The Morgan fingerprint density at radius 1 is 0.543 bits per heavy atom. The summed E-state index contributed by atoms with van der Waals surface area (Å²) >= 11 is 0. The maximum Gasteiger partial charge on any atom is 0.227 e. The fourth-order valence-corrected chi connectivity index (χ4v) is 6.58. The highest BCUT2D eigenvalue weighted by Crippen LogP contribution is 2.38. The van der Waals surface area contributed by atoms with Crippen molar-refractivity contribution in [3.63, 3.8) is 0 Å². The molecule has 9 rings (SSSR count). The molecule has 0 aliphatic rings. The van der Waals surface area contributed by atoms with Gasteiger partial charge < -0.3 is 4.42 Å². The smallest absolute Gasteiger partial charge is 0.227 e. The summed E-state index contributed by atoms with van der Waals surface area (Å²) in [4.78, 5) is 15.0. The van der Waals surface area contributed by atoms with E-state index in [1.54, 1.807) is 0 Å². The van der Waals surface area contributed by atoms with Crippen LogP contribution in [0.25, 0.3) is 83.3 Å². The fraction of sp³-hybridized carbons (Fsp3) is 0.0488. The number of fused-ring (bicyclic) bond motifs is 6. The van der Waals surface area contributed by atoms with Crippen molar-refractivity contribution in [1.82, 2.24) is 19.5 Å². The minimum atomic E-state index is 0.619. The van der Waals surface area contributed by atoms with Crippen LogP contribution >= 0.6 is 0 Å². The second-order valence-corrected chi connectivity index (χ2v) is 11.5. The molecular weight excluding hydrogens is 564 g/mol. The van der Waals surface area contributed by atoms with E-state index in [2.05, 4.69) is 102 Å². The highest BCUT2D eigenvalue weighted by atomic mass is 16.3. The minimum Gasteiger partial charge on any atom is -0.436 e. The highest BCUT2D eigenvalue weighted by molar-refractivity contribution is 6.20. The molecule has 0 saturated carbocycles. The molecule has 9 aromatic rings. The molecule has 0 fully saturated rings. The lowest BCUT2D eigenvalue weighted by molar-refractivity contribution is 0.620. The van der Waals surface area contributed by atoms with Crippen LogP contribution in [0.15, 0.2) is 144 Å². The lowest BCUT2D eigenvalue weighted by Crippen LogP contribution is -1.99. The summed E-state index contributed by atoms with van der Waals surface area (Å²) in [5, 5.41) is 3.17. The van der Waals surface area contributed by atoms with E-state index in [4.69, 9.17) is 19.4 Å². The van der Waals surface area contributed by atoms with Crippen LogP contribution < -0.4 is 0 Å². The summed E-state index contributed by atoms with van der Waals surface area (Å²) < 4.78 is 8.51. The number of rotatable bonds is 5. The van der Waals surface area contributed by atoms with E-state index in [-0.39, 0.29) is 0 Å². The quantitative estimate of drug-likeness (QED) is 0.187. The average molecular weight is 593 g/mol. The lowest BCUT2D eigenvalue weighted by Gasteiger charge is -2.12. The maximum atomic E-state index is 6.25. The Kier molecular flexibility index (Phi) is 6.03. The summed E-state index contributed by atoms with van der Waals surface area (Å²) in [6.45, 7) is 2.15. The minimum absolute atomic E-state index is 0.619. The van der Waals surface area contributed by atoms with Crippen LogP contribution in [-0.2, 0) is 6.42 Å². The number of imidazole rings is 1. The summed E-state index contributed by atoms with van der Waals surface area (Å²) in [5.41, 5.74) is 11.1. The summed E-state index contributed by atoms with van der Waals surface area (Å²) in [6.07, 6.45) is 0.867. The summed E-state index contributed by atoms with van der Waals surface area (Å²) in [5.74, 6) is 1.68. The molecular formula is C41H28N4O. The zero-order chi connectivity index (χ0) is 30.6. The molecule has 0 radical (unpaired) electrons. The van der Waals surface area contributed by atoms with Gasteiger partial charge in [-0.2, -0.15) is 0 Å². The van der Waals surface area contributed by atoms with Crippen LogP contribution in [-0.4, -0.2) is 19.5 Å². The molecule has 0 N–H and O–H groups in total. The van der Waals surface area contributed by atoms with Crippen molar-refractivity contribution in [3.05, 3.63) is 145 Å². The first-order valence-corrected chi connectivity index (χ1v) is 15.6. The van der Waals surface area contributed by atoms with Gasteiger partial charge in [0.2, 0.25) is 5.89 Å². The number of hydrogen-bond donors (Lipinski definition) is 0. The van der Waals surface area contributed by atoms with Crippen molar-refractivity contribution in [1.29, 1.82) is 0 Å². The van der Waals surface area contributed by atoms with Gasteiger partial charge in [-0.3, -0.25) is 4.57 Å². The molecule has 0 bridgehead atoms. The van der Waals surface area contributed by atoms with Crippen molar-refractivity contribution < 1.29 is 4.42 Å². The van der Waals surface area contributed by atoms with E-state index < -0.39 is 0 Å². The van der Waals surface area contributed by atoms with Gasteiger partial charge in [0.15, 0.2) is 5.58 Å². The topological polar surface area (TPSA) is 56.7 Å². The maximum absolute atomic E-state index is 6.25. The second-order valence-electron chi connectivity index (χ2n) is 11.5. The fourth-order valence-electron chi connectivity index (χ4n) is 6.58. The first-order chi connectivity index (χ1) is 22.7. The Labute approximate surface area is 265 Å². The number of aryl methyl sites for hydroxylation is 1. The van der Waals surface area contributed by atoms with Crippen molar-refractivity contribution in [2.24, 2.45) is 0 Å². The molecule has 6 aromatic carbocycles. The first kappa shape index (κ1) is 26.3. The number of oxazole rings is 1. The number of hydrogen-bond acceptors (Lipinski definition) is 4. The summed E-state index contributed by atoms with van der Waals surface area (Å²) in [6, 6.07) is 48.2. The number of nitrogens with zero attached hydrogens (tertiary/aromatic N) is 4. The van der Waals surface area contributed by atoms with Crippen molar-refractivity contribution in [2.75, 3.05) is 0 Å². The third-order valence-corrected chi connectivity index (χ3v) is 8.81. The second kappa shape index (κ2) is 10.5. The van der Waals surface area contributed by atoms with E-state index in [1.165, 1.54) is 0 Å². The standard InChI is InChI=1S/C41H28N4O/c1-2-37-42-34-14-8-9-15-35(34)45(37)30-22-20-27(21-23-30)26-16-18-28(19-17-26)39-32-24-25-36-40(38(32)31-12-6-7-13-33(31)43-39)44-41(46-36)29-10-4-3-5-11-29/h3-25H,2H2,1H3.